The number of nitrogens with zero attached hydrogens (tertiary/aromatic N) is 1. The van der Waals surface area contributed by atoms with Gasteiger partial charge in [0.1, 0.15) is 0 Å². The van der Waals surface area contributed by atoms with Crippen LogP contribution < -0.4 is 5.32 Å². The number of rotatable bonds is 4. The highest BCUT2D eigenvalue weighted by Crippen LogP contribution is 2.29. The molecule has 0 aliphatic carbocycles. The molecule has 2 atom stereocenters. The van der Waals surface area contributed by atoms with Crippen molar-refractivity contribution in [2.45, 2.75) is 50.4 Å². The normalized spacial score (nSPS) is 26.6. The highest BCUT2D eigenvalue weighted by atomic mass is 35.5. The van der Waals surface area contributed by atoms with E-state index >= 15 is 0 Å². The van der Waals surface area contributed by atoms with Crippen LogP contribution in [0.1, 0.15) is 41.6 Å². The fourth-order valence-electron chi connectivity index (χ4n) is 3.67. The molecule has 2 saturated heterocycles. The first kappa shape index (κ1) is 17.3. The lowest BCUT2D eigenvalue weighted by molar-refractivity contribution is 0.0600. The molecule has 122 valence electrons. The third-order valence-corrected chi connectivity index (χ3v) is 4.88. The lowest BCUT2D eigenvalue weighted by Gasteiger charge is -2.35. The van der Waals surface area contributed by atoms with Gasteiger partial charge in [0, 0.05) is 24.7 Å². The molecule has 2 unspecified atom stereocenters. The number of carbonyl (C=O) groups is 1. The van der Waals surface area contributed by atoms with Crippen LogP contribution in [0.25, 0.3) is 0 Å². The van der Waals surface area contributed by atoms with Crippen LogP contribution in [-0.4, -0.2) is 43.2 Å². The van der Waals surface area contributed by atoms with Crippen LogP contribution in [0.15, 0.2) is 24.3 Å². The van der Waals surface area contributed by atoms with Crippen molar-refractivity contribution in [2.75, 3.05) is 14.2 Å². The average molecular weight is 325 g/mol. The predicted octanol–water partition coefficient (Wildman–Crippen LogP) is 2.61. The fraction of sp³-hybridized carbons (Fsp3) is 0.588. The quantitative estimate of drug-likeness (QED) is 0.864. The van der Waals surface area contributed by atoms with Gasteiger partial charge in [0.05, 0.1) is 12.7 Å². The molecule has 2 aliphatic heterocycles. The first-order valence-corrected chi connectivity index (χ1v) is 7.79. The van der Waals surface area contributed by atoms with Crippen LogP contribution in [0.2, 0.25) is 0 Å². The molecule has 1 N–H and O–H groups in total. The Morgan fingerprint density at radius 1 is 1.23 bits per heavy atom. The van der Waals surface area contributed by atoms with E-state index in [9.17, 15) is 4.79 Å². The van der Waals surface area contributed by atoms with Crippen LogP contribution in [0.3, 0.4) is 0 Å². The number of carbonyl (C=O) groups excluding carboxylic acids is 1. The van der Waals surface area contributed by atoms with Crippen LogP contribution in [0.5, 0.6) is 0 Å². The van der Waals surface area contributed by atoms with Crippen molar-refractivity contribution in [3.05, 3.63) is 35.4 Å². The van der Waals surface area contributed by atoms with Gasteiger partial charge in [0.25, 0.3) is 0 Å². The monoisotopic (exact) mass is 324 g/mol. The Morgan fingerprint density at radius 3 is 2.36 bits per heavy atom. The van der Waals surface area contributed by atoms with Gasteiger partial charge in [-0.2, -0.15) is 0 Å². The summed E-state index contributed by atoms with van der Waals surface area (Å²) in [5, 5.41) is 3.69. The molecule has 1 aromatic rings. The summed E-state index contributed by atoms with van der Waals surface area (Å²) in [7, 11) is 3.62. The molecule has 0 saturated carbocycles. The Hall–Kier alpha value is -1.10. The molecule has 1 aromatic carbocycles. The molecule has 0 amide bonds. The van der Waals surface area contributed by atoms with E-state index < -0.39 is 0 Å². The third-order valence-electron chi connectivity index (χ3n) is 4.88. The zero-order valence-electron chi connectivity index (χ0n) is 13.2. The number of piperidine rings is 1. The minimum Gasteiger partial charge on any atom is -0.465 e. The lowest BCUT2D eigenvalue weighted by atomic mass is 9.98. The maximum absolute atomic E-state index is 11.4. The Kier molecular flexibility index (Phi) is 5.84. The standard InChI is InChI=1S/C17H24N2O2.ClH/c1-19(16-9-14-7-8-15(10-16)18-14)11-12-3-5-13(6-4-12)17(20)21-2;/h3-6,14-16,18H,7-11H2,1-2H3;1H. The minimum absolute atomic E-state index is 0. The molecule has 0 spiro atoms. The maximum Gasteiger partial charge on any atom is 0.337 e. The summed E-state index contributed by atoms with van der Waals surface area (Å²) in [6.07, 6.45) is 5.19. The summed E-state index contributed by atoms with van der Waals surface area (Å²) in [5.41, 5.74) is 1.86. The van der Waals surface area contributed by atoms with Gasteiger partial charge in [0.15, 0.2) is 0 Å². The molecule has 4 nitrogen and oxygen atoms in total. The Balaban J connectivity index is 0.00000176. The molecule has 2 heterocycles. The van der Waals surface area contributed by atoms with Gasteiger partial charge in [-0.3, -0.25) is 4.90 Å². The van der Waals surface area contributed by atoms with E-state index in [4.69, 9.17) is 4.74 Å². The number of nitrogens with one attached hydrogen (secondary N) is 1. The minimum atomic E-state index is -0.273. The second-order valence-corrected chi connectivity index (χ2v) is 6.37. The van der Waals surface area contributed by atoms with Crippen molar-refractivity contribution >= 4 is 18.4 Å². The highest BCUT2D eigenvalue weighted by Gasteiger charge is 2.34. The molecule has 2 fully saturated rings. The fourth-order valence-corrected chi connectivity index (χ4v) is 3.67. The van der Waals surface area contributed by atoms with Crippen molar-refractivity contribution in [3.8, 4) is 0 Å². The third kappa shape index (κ3) is 3.80. The van der Waals surface area contributed by atoms with E-state index in [2.05, 4.69) is 17.3 Å². The van der Waals surface area contributed by atoms with Gasteiger partial charge in [0.2, 0.25) is 0 Å². The van der Waals surface area contributed by atoms with E-state index in [1.807, 2.05) is 24.3 Å². The maximum atomic E-state index is 11.4. The number of halogens is 1. The van der Waals surface area contributed by atoms with E-state index in [0.717, 1.165) is 18.6 Å². The highest BCUT2D eigenvalue weighted by molar-refractivity contribution is 5.89. The average Bonchev–Trinajstić information content (AvgIpc) is 2.85. The number of benzene rings is 1. The van der Waals surface area contributed by atoms with Gasteiger partial charge in [-0.25, -0.2) is 4.79 Å². The van der Waals surface area contributed by atoms with E-state index in [0.29, 0.717) is 11.6 Å². The summed E-state index contributed by atoms with van der Waals surface area (Å²) in [4.78, 5) is 13.9. The number of hydrogen-bond acceptors (Lipinski definition) is 4. The van der Waals surface area contributed by atoms with Crippen molar-refractivity contribution in [1.29, 1.82) is 0 Å². The zero-order chi connectivity index (χ0) is 14.8. The SMILES string of the molecule is COC(=O)c1ccc(CN(C)C2CC3CCC(C2)N3)cc1.Cl. The van der Waals surface area contributed by atoms with Crippen LogP contribution in [0, 0.1) is 0 Å². The number of methoxy groups -OCH3 is 1. The van der Waals surface area contributed by atoms with E-state index in [-0.39, 0.29) is 18.4 Å². The van der Waals surface area contributed by atoms with Crippen LogP contribution in [-0.2, 0) is 11.3 Å². The number of esters is 1. The number of hydrogen-bond donors (Lipinski definition) is 1. The van der Waals surface area contributed by atoms with Gasteiger partial charge in [-0.05, 0) is 50.4 Å². The summed E-state index contributed by atoms with van der Waals surface area (Å²) in [6.45, 7) is 0.936. The Bertz CT molecular complexity index is 494. The van der Waals surface area contributed by atoms with E-state index in [1.54, 1.807) is 0 Å². The Labute approximate surface area is 138 Å². The molecule has 5 heteroatoms. The Morgan fingerprint density at radius 2 is 1.82 bits per heavy atom. The molecule has 0 aromatic heterocycles. The van der Waals surface area contributed by atoms with Gasteiger partial charge in [-0.1, -0.05) is 12.1 Å². The van der Waals surface area contributed by atoms with E-state index in [1.165, 1.54) is 38.4 Å². The first-order valence-electron chi connectivity index (χ1n) is 7.79. The number of fused-ring (bicyclic) bond motifs is 2. The zero-order valence-corrected chi connectivity index (χ0v) is 14.1. The van der Waals surface area contributed by atoms with Crippen molar-refractivity contribution in [2.24, 2.45) is 0 Å². The molecular weight excluding hydrogens is 300 g/mol. The molecule has 2 aliphatic rings. The lowest BCUT2D eigenvalue weighted by Crippen LogP contribution is -2.46. The molecule has 3 rings (SSSR count). The second-order valence-electron chi connectivity index (χ2n) is 6.37. The largest absolute Gasteiger partial charge is 0.465 e. The summed E-state index contributed by atoms with van der Waals surface area (Å²) < 4.78 is 4.73. The predicted molar refractivity (Wildman–Crippen MR) is 89.5 cm³/mol. The van der Waals surface area contributed by atoms with Gasteiger partial charge >= 0.3 is 5.97 Å². The number of ether oxygens (including phenoxy) is 1. The van der Waals surface area contributed by atoms with Crippen LogP contribution >= 0.6 is 12.4 Å². The van der Waals surface area contributed by atoms with Crippen molar-refractivity contribution in [1.82, 2.24) is 10.2 Å². The smallest absolute Gasteiger partial charge is 0.337 e. The summed E-state index contributed by atoms with van der Waals surface area (Å²) in [6, 6.07) is 9.86. The van der Waals surface area contributed by atoms with Gasteiger partial charge in [-0.15, -0.1) is 12.4 Å². The molecule has 2 bridgehead atoms. The summed E-state index contributed by atoms with van der Waals surface area (Å²) in [5.74, 6) is -0.273. The molecule has 22 heavy (non-hydrogen) atoms. The molecule has 0 radical (unpaired) electrons. The van der Waals surface area contributed by atoms with Crippen LogP contribution in [0.4, 0.5) is 0 Å². The summed E-state index contributed by atoms with van der Waals surface area (Å²) >= 11 is 0. The second kappa shape index (κ2) is 7.44. The van der Waals surface area contributed by atoms with Crippen molar-refractivity contribution < 1.29 is 9.53 Å². The topological polar surface area (TPSA) is 41.6 Å². The first-order chi connectivity index (χ1) is 10.2. The molecular formula is C17H25ClN2O2. The van der Waals surface area contributed by atoms with Gasteiger partial charge < -0.3 is 10.1 Å². The van der Waals surface area contributed by atoms with Crippen molar-refractivity contribution in [3.63, 3.8) is 0 Å².